The highest BCUT2D eigenvalue weighted by Crippen LogP contribution is 2.76. The largest absolute Gasteiger partial charge is 0.334 e. The average molecular weight is 270 g/mol. The van der Waals surface area contributed by atoms with Crippen molar-refractivity contribution in [3.05, 3.63) is 0 Å². The first-order valence-electron chi connectivity index (χ1n) is 5.70. The number of nitrogens with two attached hydrogens (primary N) is 1. The molecular formula is C10H21ClNO3P. The molecule has 1 unspecified atom stereocenters. The van der Waals surface area contributed by atoms with Crippen LogP contribution < -0.4 is 5.73 Å². The van der Waals surface area contributed by atoms with Gasteiger partial charge in [-0.05, 0) is 38.5 Å². The molecule has 1 spiro atoms. The summed E-state index contributed by atoms with van der Waals surface area (Å²) in [5.74, 6) is 0. The summed E-state index contributed by atoms with van der Waals surface area (Å²) in [7, 11) is -2.85. The molecular weight excluding hydrogens is 249 g/mol. The summed E-state index contributed by atoms with van der Waals surface area (Å²) in [6.45, 7) is 4.62. The van der Waals surface area contributed by atoms with Crippen molar-refractivity contribution in [3.8, 4) is 0 Å². The van der Waals surface area contributed by atoms with E-state index in [1.165, 1.54) is 0 Å². The fourth-order valence-corrected chi connectivity index (χ4v) is 5.40. The van der Waals surface area contributed by atoms with Crippen LogP contribution in [-0.2, 0) is 13.6 Å². The first-order valence-corrected chi connectivity index (χ1v) is 7.32. The monoisotopic (exact) mass is 269 g/mol. The predicted molar refractivity (Wildman–Crippen MR) is 66.2 cm³/mol. The van der Waals surface area contributed by atoms with Gasteiger partial charge >= 0.3 is 7.60 Å². The molecule has 2 aliphatic rings. The Morgan fingerprint density at radius 1 is 1.25 bits per heavy atom. The van der Waals surface area contributed by atoms with Crippen LogP contribution in [0.3, 0.4) is 0 Å². The lowest BCUT2D eigenvalue weighted by Gasteiger charge is -2.35. The zero-order valence-electron chi connectivity index (χ0n) is 9.85. The molecule has 2 fully saturated rings. The molecule has 2 rings (SSSR count). The molecule has 0 amide bonds. The van der Waals surface area contributed by atoms with Crippen molar-refractivity contribution in [1.29, 1.82) is 0 Å². The molecule has 0 bridgehead atoms. The Labute approximate surface area is 103 Å². The summed E-state index contributed by atoms with van der Waals surface area (Å²) in [5.41, 5.74) is 6.10. The second-order valence-corrected chi connectivity index (χ2v) is 6.85. The Balaban J connectivity index is 0.00000128. The molecule has 2 aliphatic carbocycles. The third-order valence-corrected chi connectivity index (χ3v) is 6.21. The third-order valence-electron chi connectivity index (χ3n) is 3.48. The van der Waals surface area contributed by atoms with Crippen LogP contribution in [0.4, 0.5) is 0 Å². The van der Waals surface area contributed by atoms with E-state index in [1.807, 2.05) is 13.8 Å². The lowest BCUT2D eigenvalue weighted by molar-refractivity contribution is 0.196. The highest BCUT2D eigenvalue weighted by molar-refractivity contribution is 7.55. The predicted octanol–water partition coefficient (Wildman–Crippen LogP) is 2.55. The minimum atomic E-state index is -2.85. The van der Waals surface area contributed by atoms with Gasteiger partial charge in [-0.15, -0.1) is 12.4 Å². The van der Waals surface area contributed by atoms with Crippen molar-refractivity contribution in [2.75, 3.05) is 13.2 Å². The maximum Gasteiger partial charge on any atom is 0.334 e. The van der Waals surface area contributed by atoms with Crippen LogP contribution in [0.5, 0.6) is 0 Å². The Bertz CT molecular complexity index is 284. The van der Waals surface area contributed by atoms with E-state index in [2.05, 4.69) is 0 Å². The minimum absolute atomic E-state index is 0. The van der Waals surface area contributed by atoms with Crippen molar-refractivity contribution in [3.63, 3.8) is 0 Å². The average Bonchev–Trinajstić information content (AvgIpc) is 2.81. The second kappa shape index (κ2) is 4.95. The van der Waals surface area contributed by atoms with E-state index in [9.17, 15) is 4.57 Å². The lowest BCUT2D eigenvalue weighted by Crippen LogP contribution is -2.39. The van der Waals surface area contributed by atoms with Crippen LogP contribution >= 0.6 is 20.0 Å². The smallest absolute Gasteiger partial charge is 0.328 e. The number of rotatable bonds is 5. The van der Waals surface area contributed by atoms with E-state index in [-0.39, 0.29) is 23.5 Å². The Hall–Kier alpha value is 0.400. The fourth-order valence-electron chi connectivity index (χ4n) is 2.77. The van der Waals surface area contributed by atoms with E-state index < -0.39 is 7.60 Å². The summed E-state index contributed by atoms with van der Waals surface area (Å²) in [4.78, 5) is 0. The van der Waals surface area contributed by atoms with Crippen LogP contribution in [0.1, 0.15) is 33.1 Å². The van der Waals surface area contributed by atoms with Crippen molar-refractivity contribution in [2.24, 2.45) is 11.1 Å². The molecule has 96 valence electrons. The second-order valence-electron chi connectivity index (χ2n) is 4.63. The number of halogens is 1. The van der Waals surface area contributed by atoms with Gasteiger partial charge in [0.1, 0.15) is 0 Å². The van der Waals surface area contributed by atoms with Gasteiger partial charge in [0.2, 0.25) is 0 Å². The van der Waals surface area contributed by atoms with E-state index in [0.717, 1.165) is 19.3 Å². The minimum Gasteiger partial charge on any atom is -0.328 e. The molecule has 0 radical (unpaired) electrons. The molecule has 0 heterocycles. The maximum atomic E-state index is 12.4. The molecule has 6 heteroatoms. The molecule has 16 heavy (non-hydrogen) atoms. The van der Waals surface area contributed by atoms with Gasteiger partial charge in [0.05, 0.1) is 18.9 Å². The fraction of sp³-hybridized carbons (Fsp3) is 1.00. The first kappa shape index (κ1) is 14.5. The third kappa shape index (κ3) is 2.32. The van der Waals surface area contributed by atoms with Gasteiger partial charge in [0.15, 0.2) is 0 Å². The van der Waals surface area contributed by atoms with Crippen LogP contribution in [-0.4, -0.2) is 24.9 Å². The van der Waals surface area contributed by atoms with Crippen molar-refractivity contribution in [2.45, 2.75) is 44.8 Å². The van der Waals surface area contributed by atoms with Crippen molar-refractivity contribution in [1.82, 2.24) is 0 Å². The quantitative estimate of drug-likeness (QED) is 0.779. The van der Waals surface area contributed by atoms with Gasteiger partial charge < -0.3 is 14.8 Å². The highest BCUT2D eigenvalue weighted by Gasteiger charge is 2.68. The highest BCUT2D eigenvalue weighted by atomic mass is 35.5. The van der Waals surface area contributed by atoms with Gasteiger partial charge in [0.25, 0.3) is 0 Å². The van der Waals surface area contributed by atoms with Gasteiger partial charge in [-0.3, -0.25) is 4.57 Å². The van der Waals surface area contributed by atoms with Gasteiger partial charge in [-0.2, -0.15) is 0 Å². The van der Waals surface area contributed by atoms with Crippen LogP contribution in [0, 0.1) is 5.41 Å². The van der Waals surface area contributed by atoms with E-state index in [1.54, 1.807) is 0 Å². The summed E-state index contributed by atoms with van der Waals surface area (Å²) >= 11 is 0. The lowest BCUT2D eigenvalue weighted by atomic mass is 9.77. The van der Waals surface area contributed by atoms with E-state index >= 15 is 0 Å². The molecule has 0 aliphatic heterocycles. The van der Waals surface area contributed by atoms with Crippen LogP contribution in [0.2, 0.25) is 0 Å². The molecule has 0 aromatic heterocycles. The molecule has 2 N–H and O–H groups in total. The summed E-state index contributed by atoms with van der Waals surface area (Å²) in [6.07, 6.45) is 2.95. The molecule has 0 aromatic carbocycles. The zero-order valence-corrected chi connectivity index (χ0v) is 11.6. The Kier molecular flexibility index (Phi) is 4.47. The normalized spacial score (nSPS) is 36.7. The zero-order chi connectivity index (χ0) is 11.1. The summed E-state index contributed by atoms with van der Waals surface area (Å²) in [5, 5.41) is 0. The van der Waals surface area contributed by atoms with E-state index in [0.29, 0.717) is 19.3 Å². The molecule has 0 saturated heterocycles. The van der Waals surface area contributed by atoms with Crippen LogP contribution in [0.25, 0.3) is 0 Å². The Morgan fingerprint density at radius 3 is 2.12 bits per heavy atom. The molecule has 0 aromatic rings. The molecule has 1 atom stereocenters. The maximum absolute atomic E-state index is 12.4. The van der Waals surface area contributed by atoms with Gasteiger partial charge in [0, 0.05) is 6.04 Å². The Morgan fingerprint density at radius 2 is 1.75 bits per heavy atom. The molecule has 4 nitrogen and oxygen atoms in total. The first-order chi connectivity index (χ1) is 7.06. The SMILES string of the molecule is CCOP(=O)(OCC)C1CC12CC(N)C2.Cl. The van der Waals surface area contributed by atoms with E-state index in [4.69, 9.17) is 14.8 Å². The van der Waals surface area contributed by atoms with Gasteiger partial charge in [-0.1, -0.05) is 0 Å². The number of hydrogen-bond acceptors (Lipinski definition) is 4. The van der Waals surface area contributed by atoms with Crippen molar-refractivity contribution >= 4 is 20.0 Å². The topological polar surface area (TPSA) is 61.5 Å². The summed E-state index contributed by atoms with van der Waals surface area (Å²) in [6, 6.07) is 0.298. The van der Waals surface area contributed by atoms with Crippen LogP contribution in [0.15, 0.2) is 0 Å². The van der Waals surface area contributed by atoms with Gasteiger partial charge in [-0.25, -0.2) is 0 Å². The number of hydrogen-bond donors (Lipinski definition) is 1. The standard InChI is InChI=1S/C10H20NO3P.ClH/c1-3-13-15(12,14-4-2)9-7-10(9)5-8(11)6-10;/h8-9H,3-7,11H2,1-2H3;1H. The molecule has 2 saturated carbocycles. The van der Waals surface area contributed by atoms with Crippen molar-refractivity contribution < 1.29 is 13.6 Å². The summed E-state index contributed by atoms with van der Waals surface area (Å²) < 4.78 is 23.1.